The smallest absolute Gasteiger partial charge is 0.243 e. The molecule has 1 aliphatic heterocycles. The molecule has 1 heterocycles. The van der Waals surface area contributed by atoms with E-state index in [1.54, 1.807) is 24.3 Å². The molecule has 3 aliphatic carbocycles. The molecule has 4 fully saturated rings. The molecule has 3 saturated carbocycles. The lowest BCUT2D eigenvalue weighted by Gasteiger charge is -2.35. The Morgan fingerprint density at radius 2 is 1.41 bits per heavy atom. The number of hydrogen-bond donors (Lipinski definition) is 1. The molecule has 0 aromatic heterocycles. The number of hydrogen-bond acceptors (Lipinski definition) is 6. The largest absolute Gasteiger partial charge is 0.490 e. The summed E-state index contributed by atoms with van der Waals surface area (Å²) in [4.78, 5) is 14.7. The second kappa shape index (κ2) is 13.4. The van der Waals surface area contributed by atoms with Gasteiger partial charge in [0.1, 0.15) is 17.6 Å². The van der Waals surface area contributed by atoms with Gasteiger partial charge in [-0.15, -0.1) is 0 Å². The maximum atomic E-state index is 14.5. The van der Waals surface area contributed by atoms with Crippen molar-refractivity contribution in [2.75, 3.05) is 6.54 Å². The first-order valence-electron chi connectivity index (χ1n) is 17.8. The number of ether oxygens (including phenoxy) is 2. The molecular formula is C40H43ClN2O5S. The molecule has 2 N–H and O–H groups in total. The molecule has 7 nitrogen and oxygen atoms in total. The predicted molar refractivity (Wildman–Crippen MR) is 192 cm³/mol. The van der Waals surface area contributed by atoms with E-state index in [-0.39, 0.29) is 47.1 Å². The summed E-state index contributed by atoms with van der Waals surface area (Å²) in [5, 5.41) is 2.32. The molecule has 0 amide bonds. The van der Waals surface area contributed by atoms with Crippen LogP contribution in [-0.4, -0.2) is 49.3 Å². The van der Waals surface area contributed by atoms with Crippen molar-refractivity contribution in [3.05, 3.63) is 90.0 Å². The third-order valence-electron chi connectivity index (χ3n) is 11.3. The lowest BCUT2D eigenvalue weighted by Crippen LogP contribution is -2.47. The van der Waals surface area contributed by atoms with Gasteiger partial charge in [-0.25, -0.2) is 8.42 Å². The molecule has 0 radical (unpaired) electrons. The summed E-state index contributed by atoms with van der Waals surface area (Å²) < 4.78 is 43.2. The summed E-state index contributed by atoms with van der Waals surface area (Å²) in [5.41, 5.74) is 8.15. The Morgan fingerprint density at radius 1 is 0.755 bits per heavy atom. The molecule has 4 aromatic carbocycles. The molecule has 2 unspecified atom stereocenters. The van der Waals surface area contributed by atoms with Gasteiger partial charge in [0.2, 0.25) is 10.0 Å². The van der Waals surface area contributed by atoms with Crippen LogP contribution < -0.4 is 15.2 Å². The van der Waals surface area contributed by atoms with Crippen molar-refractivity contribution in [1.82, 2.24) is 4.31 Å². The van der Waals surface area contributed by atoms with Gasteiger partial charge in [0.15, 0.2) is 5.78 Å². The highest BCUT2D eigenvalue weighted by Gasteiger charge is 2.52. The van der Waals surface area contributed by atoms with Gasteiger partial charge in [-0.05, 0) is 122 Å². The van der Waals surface area contributed by atoms with Gasteiger partial charge in [0.05, 0.1) is 23.6 Å². The normalized spacial score (nSPS) is 27.5. The van der Waals surface area contributed by atoms with Crippen molar-refractivity contribution in [2.45, 2.75) is 87.0 Å². The minimum absolute atomic E-state index is 0.0182. The second-order valence-electron chi connectivity index (χ2n) is 14.5. The number of carbonyl (C=O) groups excluding carboxylic acids is 1. The summed E-state index contributed by atoms with van der Waals surface area (Å²) in [6.07, 6.45) is 8.11. The number of nitrogens with zero attached hydrogens (tertiary/aromatic N) is 1. The first-order chi connectivity index (χ1) is 23.7. The van der Waals surface area contributed by atoms with Gasteiger partial charge in [0.25, 0.3) is 0 Å². The van der Waals surface area contributed by atoms with Gasteiger partial charge in [-0.2, -0.15) is 4.31 Å². The van der Waals surface area contributed by atoms with Gasteiger partial charge in [-0.3, -0.25) is 4.79 Å². The summed E-state index contributed by atoms with van der Waals surface area (Å²) in [6.45, 7) is 0.0792. The number of nitrogens with two attached hydrogens (primary N) is 1. The van der Waals surface area contributed by atoms with Crippen molar-refractivity contribution < 1.29 is 22.7 Å². The number of fused-ring (bicyclic) bond motifs is 3. The van der Waals surface area contributed by atoms with Crippen LogP contribution in [0.2, 0.25) is 5.02 Å². The van der Waals surface area contributed by atoms with Crippen molar-refractivity contribution in [2.24, 2.45) is 23.5 Å². The average molecular weight is 699 g/mol. The molecule has 9 heteroatoms. The molecular weight excluding hydrogens is 656 g/mol. The number of Topliss-reactive ketones (excluding diaryl/α,β-unsaturated/α-hetero) is 1. The Kier molecular flexibility index (Phi) is 8.93. The van der Waals surface area contributed by atoms with Crippen LogP contribution >= 0.6 is 11.6 Å². The molecule has 4 aromatic rings. The first kappa shape index (κ1) is 32.8. The summed E-state index contributed by atoms with van der Waals surface area (Å²) >= 11 is 6.58. The highest BCUT2D eigenvalue weighted by Crippen LogP contribution is 2.48. The lowest BCUT2D eigenvalue weighted by molar-refractivity contribution is -0.129. The standard InChI is InChI=1S/C40H43ClN2O5S/c41-37-17-15-33(22-36(37)25-6-2-1-3-7-25)48-34-23-38(40(44)39-28-10-11-29(39)19-30(42)18-28)43(24-34)49(45,46)35-16-13-26-20-32(14-12-27(26)21-35)47-31-8-4-5-9-31/h1-3,6-7,12-17,20-22,28-31,34,38-39H,4-5,8-11,18-19,23-24,42H2/t28?,29?,30?,34-,38+,39?/m1/s1. The van der Waals surface area contributed by atoms with E-state index >= 15 is 0 Å². The van der Waals surface area contributed by atoms with E-state index < -0.39 is 22.2 Å². The topological polar surface area (TPSA) is 98.9 Å². The van der Waals surface area contributed by atoms with Crippen LogP contribution in [0.25, 0.3) is 21.9 Å². The van der Waals surface area contributed by atoms with Gasteiger partial charge < -0.3 is 15.2 Å². The maximum absolute atomic E-state index is 14.5. The molecule has 8 rings (SSSR count). The van der Waals surface area contributed by atoms with E-state index in [0.29, 0.717) is 17.2 Å². The quantitative estimate of drug-likeness (QED) is 0.190. The highest BCUT2D eigenvalue weighted by molar-refractivity contribution is 7.89. The minimum atomic E-state index is -4.04. The SMILES string of the molecule is NC1CC2CCC(C1)C2C(=O)[C@@H]1C[C@@H](Oc2ccc(Cl)c(-c3ccccc3)c2)CN1S(=O)(=O)c1ccc2cc(OC3CCCC3)ccc2c1. The number of rotatable bonds is 9. The maximum Gasteiger partial charge on any atom is 0.243 e. The number of ketones is 1. The number of sulfonamides is 1. The van der Waals surface area contributed by atoms with Crippen LogP contribution in [-0.2, 0) is 14.8 Å². The molecule has 0 spiro atoms. The fourth-order valence-electron chi connectivity index (χ4n) is 9.02. The van der Waals surface area contributed by atoms with E-state index in [1.807, 2.05) is 60.7 Å². The highest BCUT2D eigenvalue weighted by atomic mass is 35.5. The van der Waals surface area contributed by atoms with Crippen molar-refractivity contribution in [1.29, 1.82) is 0 Å². The summed E-state index contributed by atoms with van der Waals surface area (Å²) in [5.74, 6) is 1.65. The Labute approximate surface area is 293 Å². The van der Waals surface area contributed by atoms with Crippen molar-refractivity contribution in [3.8, 4) is 22.6 Å². The van der Waals surface area contributed by atoms with Crippen molar-refractivity contribution >= 4 is 38.2 Å². The fraction of sp³-hybridized carbons (Fsp3) is 0.425. The Bertz CT molecular complexity index is 1950. The number of halogens is 1. The molecule has 256 valence electrons. The Balaban J connectivity index is 1.09. The van der Waals surface area contributed by atoms with Gasteiger partial charge in [-0.1, -0.05) is 54.1 Å². The van der Waals surface area contributed by atoms with E-state index in [4.69, 9.17) is 26.8 Å². The molecule has 1 saturated heterocycles. The second-order valence-corrected chi connectivity index (χ2v) is 16.8. The van der Waals surface area contributed by atoms with E-state index in [1.165, 1.54) is 17.1 Å². The number of carbonyl (C=O) groups is 1. The molecule has 2 bridgehead atoms. The summed E-state index contributed by atoms with van der Waals surface area (Å²) in [7, 11) is -4.04. The van der Waals surface area contributed by atoms with Crippen LogP contribution in [0.1, 0.15) is 57.8 Å². The minimum Gasteiger partial charge on any atom is -0.490 e. The molecule has 4 aliphatic rings. The van der Waals surface area contributed by atoms with Crippen LogP contribution in [0.5, 0.6) is 11.5 Å². The first-order valence-corrected chi connectivity index (χ1v) is 19.6. The summed E-state index contributed by atoms with van der Waals surface area (Å²) in [6, 6.07) is 25.7. The van der Waals surface area contributed by atoms with Crippen molar-refractivity contribution in [3.63, 3.8) is 0 Å². The zero-order valence-electron chi connectivity index (χ0n) is 27.5. The fourth-order valence-corrected chi connectivity index (χ4v) is 10.9. The molecule has 4 atom stereocenters. The molecule has 49 heavy (non-hydrogen) atoms. The van der Waals surface area contributed by atoms with Crippen LogP contribution in [0.3, 0.4) is 0 Å². The number of benzene rings is 4. The zero-order chi connectivity index (χ0) is 33.7. The van der Waals surface area contributed by atoms with Crippen LogP contribution in [0, 0.1) is 17.8 Å². The van der Waals surface area contributed by atoms with Crippen LogP contribution in [0.15, 0.2) is 89.8 Å². The average Bonchev–Trinajstić information content (AvgIpc) is 3.84. The monoisotopic (exact) mass is 698 g/mol. The zero-order valence-corrected chi connectivity index (χ0v) is 29.1. The van der Waals surface area contributed by atoms with E-state index in [9.17, 15) is 13.2 Å². The third kappa shape index (κ3) is 6.49. The third-order valence-corrected chi connectivity index (χ3v) is 13.5. The Hall–Kier alpha value is -3.43. The van der Waals surface area contributed by atoms with Crippen LogP contribution in [0.4, 0.5) is 0 Å². The van der Waals surface area contributed by atoms with E-state index in [2.05, 4.69) is 0 Å². The van der Waals surface area contributed by atoms with Gasteiger partial charge in [0, 0.05) is 29.0 Å². The Morgan fingerprint density at radius 3 is 2.16 bits per heavy atom. The van der Waals surface area contributed by atoms with E-state index in [0.717, 1.165) is 66.2 Å². The predicted octanol–water partition coefficient (Wildman–Crippen LogP) is 8.02. The van der Waals surface area contributed by atoms with Gasteiger partial charge >= 0.3 is 0 Å². The lowest BCUT2D eigenvalue weighted by atomic mass is 9.73.